The van der Waals surface area contributed by atoms with Gasteiger partial charge in [0.05, 0.1) is 6.61 Å². The Balaban J connectivity index is 2.52. The number of hydrogen-bond acceptors (Lipinski definition) is 4. The third-order valence-corrected chi connectivity index (χ3v) is 3.09. The van der Waals surface area contributed by atoms with Crippen LogP contribution in [0.1, 0.15) is 31.7 Å². The summed E-state index contributed by atoms with van der Waals surface area (Å²) < 4.78 is 8.08. The fourth-order valence-corrected chi connectivity index (χ4v) is 2.11. The normalized spacial score (nSPS) is 22.4. The van der Waals surface area contributed by atoms with Gasteiger partial charge in [-0.1, -0.05) is 6.08 Å². The van der Waals surface area contributed by atoms with Crippen LogP contribution in [0.3, 0.4) is 0 Å². The van der Waals surface area contributed by atoms with E-state index in [4.69, 9.17) is 9.84 Å². The predicted molar refractivity (Wildman–Crippen MR) is 70.2 cm³/mol. The fourth-order valence-electron chi connectivity index (χ4n) is 2.11. The second-order valence-corrected chi connectivity index (χ2v) is 4.90. The van der Waals surface area contributed by atoms with Crippen molar-refractivity contribution in [1.29, 1.82) is 0 Å². The van der Waals surface area contributed by atoms with Gasteiger partial charge in [0.1, 0.15) is 6.10 Å². The quantitative estimate of drug-likeness (QED) is 0.801. The van der Waals surface area contributed by atoms with Crippen LogP contribution < -0.4 is 11.2 Å². The summed E-state index contributed by atoms with van der Waals surface area (Å²) in [7, 11) is 0. The van der Waals surface area contributed by atoms with E-state index in [1.807, 2.05) is 0 Å². The van der Waals surface area contributed by atoms with Crippen molar-refractivity contribution in [3.8, 4) is 0 Å². The zero-order valence-electron chi connectivity index (χ0n) is 11.2. The molecule has 6 heteroatoms. The molecule has 0 unspecified atom stereocenters. The number of nitrogens with zero attached hydrogens (tertiary/aromatic N) is 2. The van der Waals surface area contributed by atoms with Gasteiger partial charge in [0.2, 0.25) is 0 Å². The second kappa shape index (κ2) is 5.14. The minimum atomic E-state index is -0.575. The third-order valence-electron chi connectivity index (χ3n) is 3.09. The smallest absolute Gasteiger partial charge is 0.333 e. The van der Waals surface area contributed by atoms with Crippen LogP contribution in [0.2, 0.25) is 0 Å². The maximum atomic E-state index is 12.3. The minimum absolute atomic E-state index is 0.134. The van der Waals surface area contributed by atoms with E-state index >= 15 is 0 Å². The van der Waals surface area contributed by atoms with Gasteiger partial charge < -0.3 is 9.84 Å². The molecule has 0 spiro atoms. The zero-order valence-corrected chi connectivity index (χ0v) is 11.2. The highest BCUT2D eigenvalue weighted by molar-refractivity contribution is 5.08. The molecule has 19 heavy (non-hydrogen) atoms. The Morgan fingerprint density at radius 2 is 2.05 bits per heavy atom. The topological polar surface area (TPSA) is 73.5 Å². The number of aryl methyl sites for hydroxylation is 1. The average Bonchev–Trinajstić information content (AvgIpc) is 2.82. The molecule has 2 atom stereocenters. The van der Waals surface area contributed by atoms with Crippen molar-refractivity contribution in [3.63, 3.8) is 0 Å². The Morgan fingerprint density at radius 1 is 1.37 bits per heavy atom. The first-order valence-electron chi connectivity index (χ1n) is 6.24. The molecule has 1 aliphatic rings. The molecule has 0 saturated heterocycles. The van der Waals surface area contributed by atoms with Gasteiger partial charge in [-0.25, -0.2) is 4.79 Å². The van der Waals surface area contributed by atoms with Crippen molar-refractivity contribution in [2.75, 3.05) is 6.61 Å². The van der Waals surface area contributed by atoms with Crippen LogP contribution in [0.4, 0.5) is 0 Å². The van der Waals surface area contributed by atoms with Crippen molar-refractivity contribution >= 4 is 0 Å². The SMILES string of the molecule is Cc1cn([C@H]2C=C[C@@H](CO)O2)c(=O)n(C(C)C)c1=O. The van der Waals surface area contributed by atoms with Crippen LogP contribution >= 0.6 is 0 Å². The van der Waals surface area contributed by atoms with E-state index in [0.717, 1.165) is 0 Å². The summed E-state index contributed by atoms with van der Waals surface area (Å²) >= 11 is 0. The summed E-state index contributed by atoms with van der Waals surface area (Å²) in [6, 6.07) is -0.217. The molecule has 0 aliphatic carbocycles. The van der Waals surface area contributed by atoms with E-state index in [1.54, 1.807) is 32.9 Å². The summed E-state index contributed by atoms with van der Waals surface area (Å²) in [5.41, 5.74) is -0.200. The predicted octanol–water partition coefficient (Wildman–Crippen LogP) is 0.345. The molecule has 0 radical (unpaired) electrons. The molecule has 0 saturated carbocycles. The summed E-state index contributed by atoms with van der Waals surface area (Å²) in [5, 5.41) is 9.02. The number of aliphatic hydroxyl groups excluding tert-OH is 1. The van der Waals surface area contributed by atoms with Crippen LogP contribution in [0, 0.1) is 6.92 Å². The lowest BCUT2D eigenvalue weighted by Crippen LogP contribution is -2.43. The lowest BCUT2D eigenvalue weighted by atomic mass is 10.3. The highest BCUT2D eigenvalue weighted by atomic mass is 16.5. The largest absolute Gasteiger partial charge is 0.393 e. The Morgan fingerprint density at radius 3 is 2.58 bits per heavy atom. The molecule has 6 nitrogen and oxygen atoms in total. The first kappa shape index (κ1) is 13.8. The molecule has 1 N–H and O–H groups in total. The van der Waals surface area contributed by atoms with Crippen molar-refractivity contribution in [1.82, 2.24) is 9.13 Å². The molecular weight excluding hydrogens is 248 g/mol. The van der Waals surface area contributed by atoms with Crippen LogP contribution in [0.5, 0.6) is 0 Å². The highest BCUT2D eigenvalue weighted by Gasteiger charge is 2.23. The van der Waals surface area contributed by atoms with Crippen LogP contribution in [-0.4, -0.2) is 27.0 Å². The monoisotopic (exact) mass is 266 g/mol. The lowest BCUT2D eigenvalue weighted by Gasteiger charge is -2.18. The number of aliphatic hydroxyl groups is 1. The maximum absolute atomic E-state index is 12.3. The molecule has 0 bridgehead atoms. The molecular formula is C13H18N2O4. The van der Waals surface area contributed by atoms with E-state index in [0.29, 0.717) is 5.56 Å². The van der Waals surface area contributed by atoms with Gasteiger partial charge >= 0.3 is 5.69 Å². The fraction of sp³-hybridized carbons (Fsp3) is 0.538. The standard InChI is InChI=1S/C13H18N2O4/c1-8(2)15-12(17)9(3)6-14(13(15)18)11-5-4-10(7-16)19-11/h4-6,8,10-11,16H,7H2,1-3H3/t10-,11+/m0/s1. The molecule has 104 valence electrons. The lowest BCUT2D eigenvalue weighted by molar-refractivity contribution is -0.0112. The van der Waals surface area contributed by atoms with E-state index in [-0.39, 0.29) is 18.2 Å². The average molecular weight is 266 g/mol. The van der Waals surface area contributed by atoms with Gasteiger partial charge in [-0.05, 0) is 26.8 Å². The van der Waals surface area contributed by atoms with E-state index in [1.165, 1.54) is 15.3 Å². The molecule has 2 heterocycles. The van der Waals surface area contributed by atoms with Crippen LogP contribution in [0.25, 0.3) is 0 Å². The van der Waals surface area contributed by atoms with Crippen molar-refractivity contribution in [2.45, 2.75) is 39.1 Å². The molecule has 0 aromatic carbocycles. The minimum Gasteiger partial charge on any atom is -0.393 e. The van der Waals surface area contributed by atoms with Gasteiger partial charge in [0, 0.05) is 17.8 Å². The van der Waals surface area contributed by atoms with Crippen molar-refractivity contribution in [2.24, 2.45) is 0 Å². The van der Waals surface area contributed by atoms with Crippen LogP contribution in [0.15, 0.2) is 27.9 Å². The number of hydrogen-bond donors (Lipinski definition) is 1. The summed E-state index contributed by atoms with van der Waals surface area (Å²) in [5.74, 6) is 0. The Bertz CT molecular complexity index is 612. The number of ether oxygens (including phenoxy) is 1. The summed E-state index contributed by atoms with van der Waals surface area (Å²) in [4.78, 5) is 24.3. The molecule has 0 amide bonds. The van der Waals surface area contributed by atoms with Gasteiger partial charge in [-0.2, -0.15) is 0 Å². The Labute approximate surface area is 110 Å². The molecule has 1 aliphatic heterocycles. The van der Waals surface area contributed by atoms with Gasteiger partial charge in [0.15, 0.2) is 6.23 Å². The van der Waals surface area contributed by atoms with E-state index in [9.17, 15) is 9.59 Å². The van der Waals surface area contributed by atoms with Crippen molar-refractivity contribution < 1.29 is 9.84 Å². The molecule has 1 aromatic rings. The first-order chi connectivity index (χ1) is 8.95. The first-order valence-corrected chi connectivity index (χ1v) is 6.24. The summed E-state index contributed by atoms with van der Waals surface area (Å²) in [6.07, 6.45) is 3.93. The van der Waals surface area contributed by atoms with E-state index in [2.05, 4.69) is 0 Å². The van der Waals surface area contributed by atoms with Gasteiger partial charge in [-0.3, -0.25) is 13.9 Å². The van der Waals surface area contributed by atoms with Gasteiger partial charge in [0.25, 0.3) is 5.56 Å². The highest BCUT2D eigenvalue weighted by Crippen LogP contribution is 2.19. The number of aromatic nitrogens is 2. The molecule has 2 rings (SSSR count). The number of rotatable bonds is 3. The molecule has 0 fully saturated rings. The van der Waals surface area contributed by atoms with Crippen LogP contribution in [-0.2, 0) is 4.74 Å². The molecule has 1 aromatic heterocycles. The Hall–Kier alpha value is -1.66. The maximum Gasteiger partial charge on any atom is 0.333 e. The van der Waals surface area contributed by atoms with Crippen molar-refractivity contribution in [3.05, 3.63) is 44.8 Å². The third kappa shape index (κ3) is 2.41. The summed E-state index contributed by atoms with van der Waals surface area (Å²) in [6.45, 7) is 5.10. The zero-order chi connectivity index (χ0) is 14.2. The second-order valence-electron chi connectivity index (χ2n) is 4.90. The Kier molecular flexibility index (Phi) is 3.73. The van der Waals surface area contributed by atoms with Gasteiger partial charge in [-0.15, -0.1) is 0 Å². The van der Waals surface area contributed by atoms with E-state index < -0.39 is 18.0 Å².